The first-order valence-corrected chi connectivity index (χ1v) is 11.7. The number of nitrogens with one attached hydrogen (secondary N) is 2. The third-order valence-corrected chi connectivity index (χ3v) is 6.86. The van der Waals surface area contributed by atoms with Crippen molar-refractivity contribution in [1.29, 1.82) is 0 Å². The number of anilines is 1. The maximum atomic E-state index is 12.6. The average Bonchev–Trinajstić information content (AvgIpc) is 3.49. The Balaban J connectivity index is 1.18. The number of rotatable bonds is 7. The number of carboxylic acids is 1. The molecule has 0 saturated heterocycles. The van der Waals surface area contributed by atoms with Gasteiger partial charge in [-0.05, 0) is 53.3 Å². The molecule has 1 saturated carbocycles. The number of aromatic carboxylic acids is 1. The Morgan fingerprint density at radius 1 is 0.971 bits per heavy atom. The molecule has 0 radical (unpaired) electrons. The summed E-state index contributed by atoms with van der Waals surface area (Å²) in [6.07, 6.45) is 0.869. The molecule has 8 heteroatoms. The van der Waals surface area contributed by atoms with Gasteiger partial charge in [0.15, 0.2) is 0 Å². The zero-order valence-corrected chi connectivity index (χ0v) is 19.5. The molecule has 2 aliphatic rings. The number of hydrogen-bond acceptors (Lipinski definition) is 4. The minimum Gasteiger partial charge on any atom is -0.478 e. The second-order valence-electron chi connectivity index (χ2n) is 8.96. The van der Waals surface area contributed by atoms with Gasteiger partial charge in [0, 0.05) is 11.6 Å². The zero-order valence-electron chi connectivity index (χ0n) is 18.7. The second-order valence-corrected chi connectivity index (χ2v) is 9.36. The number of fused-ring (bicyclic) bond motifs is 3. The molecule has 0 spiro atoms. The fourth-order valence-electron chi connectivity index (χ4n) is 4.63. The summed E-state index contributed by atoms with van der Waals surface area (Å²) < 4.78 is 5.61. The summed E-state index contributed by atoms with van der Waals surface area (Å²) in [6.45, 7) is 0.205. The molecular weight excluding hydrogens is 468 g/mol. The van der Waals surface area contributed by atoms with Gasteiger partial charge in [-0.15, -0.1) is 0 Å². The van der Waals surface area contributed by atoms with Crippen LogP contribution in [0.4, 0.5) is 10.5 Å². The monoisotopic (exact) mass is 490 g/mol. The van der Waals surface area contributed by atoms with Crippen LogP contribution in [0.2, 0.25) is 5.02 Å². The van der Waals surface area contributed by atoms with Crippen molar-refractivity contribution in [2.24, 2.45) is 0 Å². The second kappa shape index (κ2) is 9.07. The lowest BCUT2D eigenvalue weighted by Gasteiger charge is -2.19. The van der Waals surface area contributed by atoms with Gasteiger partial charge >= 0.3 is 12.1 Å². The van der Waals surface area contributed by atoms with Crippen LogP contribution in [0.1, 0.15) is 46.7 Å². The number of hydrogen-bond donors (Lipinski definition) is 3. The van der Waals surface area contributed by atoms with Gasteiger partial charge in [0.25, 0.3) is 0 Å². The van der Waals surface area contributed by atoms with E-state index >= 15 is 0 Å². The Bertz CT molecular complexity index is 1290. The van der Waals surface area contributed by atoms with E-state index in [0.717, 1.165) is 22.3 Å². The van der Waals surface area contributed by atoms with Gasteiger partial charge in [0.1, 0.15) is 6.61 Å². The summed E-state index contributed by atoms with van der Waals surface area (Å²) in [5, 5.41) is 14.7. The topological polar surface area (TPSA) is 105 Å². The lowest BCUT2D eigenvalue weighted by atomic mass is 9.98. The predicted octanol–water partition coefficient (Wildman–Crippen LogP) is 5.44. The number of benzene rings is 3. The van der Waals surface area contributed by atoms with Crippen LogP contribution in [0.25, 0.3) is 11.1 Å². The zero-order chi connectivity index (χ0) is 24.6. The van der Waals surface area contributed by atoms with E-state index in [1.54, 1.807) is 0 Å². The van der Waals surface area contributed by atoms with Crippen molar-refractivity contribution < 1.29 is 24.2 Å². The Kier molecular flexibility index (Phi) is 5.94. The Morgan fingerprint density at radius 3 is 2.17 bits per heavy atom. The molecule has 3 aromatic carbocycles. The van der Waals surface area contributed by atoms with Crippen molar-refractivity contribution in [3.05, 3.63) is 88.4 Å². The first-order chi connectivity index (χ1) is 16.8. The van der Waals surface area contributed by atoms with Crippen LogP contribution < -0.4 is 10.6 Å². The summed E-state index contributed by atoms with van der Waals surface area (Å²) in [7, 11) is 0. The van der Waals surface area contributed by atoms with Crippen LogP contribution in [-0.2, 0) is 9.53 Å². The molecular formula is C27H23ClN2O5. The van der Waals surface area contributed by atoms with E-state index < -0.39 is 17.6 Å². The van der Waals surface area contributed by atoms with Crippen LogP contribution in [0.15, 0.2) is 66.7 Å². The number of carbonyl (C=O) groups is 3. The Morgan fingerprint density at radius 2 is 1.60 bits per heavy atom. The van der Waals surface area contributed by atoms with Crippen molar-refractivity contribution >= 4 is 35.3 Å². The van der Waals surface area contributed by atoms with Crippen LogP contribution in [-0.4, -0.2) is 35.2 Å². The van der Waals surface area contributed by atoms with E-state index in [9.17, 15) is 14.4 Å². The van der Waals surface area contributed by atoms with E-state index in [1.807, 2.05) is 24.3 Å². The smallest absolute Gasteiger partial charge is 0.407 e. The average molecular weight is 491 g/mol. The largest absolute Gasteiger partial charge is 0.478 e. The van der Waals surface area contributed by atoms with E-state index in [1.165, 1.54) is 18.2 Å². The van der Waals surface area contributed by atoms with Crippen molar-refractivity contribution in [2.45, 2.75) is 30.7 Å². The molecule has 7 nitrogen and oxygen atoms in total. The molecule has 5 rings (SSSR count). The highest BCUT2D eigenvalue weighted by Gasteiger charge is 2.46. The highest BCUT2D eigenvalue weighted by molar-refractivity contribution is 6.33. The molecule has 3 N–H and O–H groups in total. The third kappa shape index (κ3) is 4.72. The highest BCUT2D eigenvalue weighted by atomic mass is 35.5. The van der Waals surface area contributed by atoms with Gasteiger partial charge < -0.3 is 20.5 Å². The summed E-state index contributed by atoms with van der Waals surface area (Å²) in [5.41, 5.74) is 4.29. The molecule has 0 aromatic heterocycles. The fraction of sp³-hybridized carbons (Fsp3) is 0.222. The maximum absolute atomic E-state index is 12.6. The molecule has 2 aliphatic carbocycles. The Hall–Kier alpha value is -3.84. The SMILES string of the molecule is O=C(CC1(NC(=O)OCC2c3ccccc3-c3ccccc32)CC1)Nc1ccc(C(=O)O)c(Cl)c1. The quantitative estimate of drug-likeness (QED) is 0.409. The van der Waals surface area contributed by atoms with Gasteiger partial charge in [-0.25, -0.2) is 9.59 Å². The summed E-state index contributed by atoms with van der Waals surface area (Å²) >= 11 is 5.97. The molecule has 1 fully saturated rings. The van der Waals surface area contributed by atoms with Crippen molar-refractivity contribution in [3.63, 3.8) is 0 Å². The minimum absolute atomic E-state index is 0.0354. The maximum Gasteiger partial charge on any atom is 0.407 e. The van der Waals surface area contributed by atoms with Crippen molar-refractivity contribution in [3.8, 4) is 11.1 Å². The molecule has 0 unspecified atom stereocenters. The van der Waals surface area contributed by atoms with Crippen LogP contribution >= 0.6 is 11.6 Å². The normalized spacial score (nSPS) is 15.0. The first-order valence-electron chi connectivity index (χ1n) is 11.3. The molecule has 0 aliphatic heterocycles. The number of ether oxygens (including phenoxy) is 1. The predicted molar refractivity (Wildman–Crippen MR) is 132 cm³/mol. The number of carbonyl (C=O) groups excluding carboxylic acids is 2. The van der Waals surface area contributed by atoms with Gasteiger partial charge in [-0.2, -0.15) is 0 Å². The van der Waals surface area contributed by atoms with E-state index in [4.69, 9.17) is 21.4 Å². The van der Waals surface area contributed by atoms with Gasteiger partial charge in [-0.1, -0.05) is 60.1 Å². The lowest BCUT2D eigenvalue weighted by Crippen LogP contribution is -2.40. The van der Waals surface area contributed by atoms with E-state index in [0.29, 0.717) is 18.5 Å². The molecule has 0 bridgehead atoms. The van der Waals surface area contributed by atoms with Gasteiger partial charge in [0.05, 0.1) is 22.5 Å². The summed E-state index contributed by atoms with van der Waals surface area (Å²) in [4.78, 5) is 36.3. The van der Waals surface area contributed by atoms with Crippen LogP contribution in [0.3, 0.4) is 0 Å². The fourth-order valence-corrected chi connectivity index (χ4v) is 4.89. The number of alkyl carbamates (subject to hydrolysis) is 1. The number of halogens is 1. The lowest BCUT2D eigenvalue weighted by molar-refractivity contribution is -0.116. The molecule has 2 amide bonds. The first kappa shape index (κ1) is 22.9. The number of amides is 2. The third-order valence-electron chi connectivity index (χ3n) is 6.55. The summed E-state index contributed by atoms with van der Waals surface area (Å²) in [5.74, 6) is -1.48. The highest BCUT2D eigenvalue weighted by Crippen LogP contribution is 2.44. The van der Waals surface area contributed by atoms with Gasteiger partial charge in [-0.3, -0.25) is 4.79 Å². The van der Waals surface area contributed by atoms with E-state index in [-0.39, 0.29) is 35.4 Å². The van der Waals surface area contributed by atoms with Crippen molar-refractivity contribution in [2.75, 3.05) is 11.9 Å². The van der Waals surface area contributed by atoms with Crippen LogP contribution in [0, 0.1) is 0 Å². The van der Waals surface area contributed by atoms with E-state index in [2.05, 4.69) is 34.9 Å². The molecule has 0 atom stereocenters. The number of carboxylic acid groups (broad SMARTS) is 1. The molecule has 35 heavy (non-hydrogen) atoms. The standard InChI is InChI=1S/C27H23ClN2O5/c28-23-13-16(9-10-21(23)25(32)33)29-24(31)14-27(11-12-27)30-26(34)35-15-22-19-7-3-1-5-17(19)18-6-2-4-8-20(18)22/h1-10,13,22H,11-12,14-15H2,(H,29,31)(H,30,34)(H,32,33). The molecule has 0 heterocycles. The Labute approximate surface area is 207 Å². The van der Waals surface area contributed by atoms with Gasteiger partial charge in [0.2, 0.25) is 5.91 Å². The van der Waals surface area contributed by atoms with Crippen molar-refractivity contribution in [1.82, 2.24) is 5.32 Å². The summed E-state index contributed by atoms with van der Waals surface area (Å²) in [6, 6.07) is 20.4. The van der Waals surface area contributed by atoms with Crippen LogP contribution in [0.5, 0.6) is 0 Å². The minimum atomic E-state index is -1.14. The molecule has 178 valence electrons. The molecule has 3 aromatic rings.